The first-order chi connectivity index (χ1) is 16.0. The lowest BCUT2D eigenvalue weighted by Crippen LogP contribution is -2.39. The van der Waals surface area contributed by atoms with Gasteiger partial charge in [0.05, 0.1) is 6.20 Å². The molecule has 1 aliphatic heterocycles. The van der Waals surface area contributed by atoms with Crippen LogP contribution in [0.25, 0.3) is 6.08 Å². The number of halogens is 1. The van der Waals surface area contributed by atoms with E-state index >= 15 is 0 Å². The molecule has 6 heteroatoms. The molecule has 2 aromatic carbocycles. The molecule has 5 nitrogen and oxygen atoms in total. The predicted octanol–water partition coefficient (Wildman–Crippen LogP) is 5.46. The van der Waals surface area contributed by atoms with E-state index in [9.17, 15) is 14.0 Å². The van der Waals surface area contributed by atoms with Crippen molar-refractivity contribution in [2.75, 3.05) is 13.1 Å². The van der Waals surface area contributed by atoms with Crippen molar-refractivity contribution in [1.29, 1.82) is 0 Å². The molecule has 168 valence electrons. The van der Waals surface area contributed by atoms with Gasteiger partial charge in [0.25, 0.3) is 0 Å². The average molecular weight is 445 g/mol. The summed E-state index contributed by atoms with van der Waals surface area (Å²) < 4.78 is 19.9. The molecule has 1 amide bonds. The van der Waals surface area contributed by atoms with Crippen molar-refractivity contribution in [1.82, 2.24) is 9.88 Å². The van der Waals surface area contributed by atoms with Gasteiger partial charge in [0.15, 0.2) is 17.3 Å². The van der Waals surface area contributed by atoms with Crippen LogP contribution in [0.2, 0.25) is 0 Å². The number of aryl methyl sites for hydroxylation is 1. The van der Waals surface area contributed by atoms with Crippen molar-refractivity contribution < 1.29 is 18.7 Å². The standard InChI is InChI=1S/C27H25FN2O3/c1-19-4-8-21(9-5-19)27(32)22-12-15-30(16-13-22)26(31)11-7-20-6-10-25(24(28)17-20)33-23-3-2-14-29-18-23/h2-11,14,17-18,22H,12-13,15-16H2,1H3/b11-7+. The highest BCUT2D eigenvalue weighted by molar-refractivity contribution is 5.98. The van der Waals surface area contributed by atoms with Gasteiger partial charge < -0.3 is 9.64 Å². The predicted molar refractivity (Wildman–Crippen MR) is 125 cm³/mol. The summed E-state index contributed by atoms with van der Waals surface area (Å²) in [4.78, 5) is 30.9. The SMILES string of the molecule is Cc1ccc(C(=O)C2CCN(C(=O)/C=C/c3ccc(Oc4cccnc4)c(F)c3)CC2)cc1. The van der Waals surface area contributed by atoms with Gasteiger partial charge >= 0.3 is 0 Å². The molecule has 0 bridgehead atoms. The molecular weight excluding hydrogens is 419 g/mol. The third-order valence-electron chi connectivity index (χ3n) is 5.75. The van der Waals surface area contributed by atoms with Gasteiger partial charge in [0.1, 0.15) is 5.75 Å². The van der Waals surface area contributed by atoms with Crippen molar-refractivity contribution >= 4 is 17.8 Å². The molecular formula is C27H25FN2O3. The van der Waals surface area contributed by atoms with Gasteiger partial charge in [-0.25, -0.2) is 4.39 Å². The summed E-state index contributed by atoms with van der Waals surface area (Å²) in [6.07, 6.45) is 7.42. The molecule has 0 aliphatic carbocycles. The maximum absolute atomic E-state index is 14.4. The summed E-state index contributed by atoms with van der Waals surface area (Å²) in [5, 5.41) is 0. The van der Waals surface area contributed by atoms with E-state index in [-0.39, 0.29) is 23.4 Å². The second-order valence-electron chi connectivity index (χ2n) is 8.14. The highest BCUT2D eigenvalue weighted by atomic mass is 19.1. The van der Waals surface area contributed by atoms with Crippen LogP contribution in [0.15, 0.2) is 73.1 Å². The van der Waals surface area contributed by atoms with E-state index in [0.717, 1.165) is 11.1 Å². The van der Waals surface area contributed by atoms with Crippen LogP contribution >= 0.6 is 0 Å². The first-order valence-corrected chi connectivity index (χ1v) is 10.9. The smallest absolute Gasteiger partial charge is 0.246 e. The fourth-order valence-corrected chi connectivity index (χ4v) is 3.83. The van der Waals surface area contributed by atoms with Crippen LogP contribution < -0.4 is 4.74 Å². The van der Waals surface area contributed by atoms with Crippen LogP contribution in [0.5, 0.6) is 11.5 Å². The summed E-state index contributed by atoms with van der Waals surface area (Å²) in [7, 11) is 0. The number of piperidine rings is 1. The zero-order valence-corrected chi connectivity index (χ0v) is 18.4. The Morgan fingerprint density at radius 3 is 2.52 bits per heavy atom. The fraction of sp³-hybridized carbons (Fsp3) is 0.222. The van der Waals surface area contributed by atoms with E-state index in [1.54, 1.807) is 35.4 Å². The second-order valence-corrected chi connectivity index (χ2v) is 8.14. The Morgan fingerprint density at radius 1 is 1.09 bits per heavy atom. The molecule has 0 N–H and O–H groups in total. The number of likely N-dealkylation sites (tertiary alicyclic amines) is 1. The van der Waals surface area contributed by atoms with E-state index < -0.39 is 5.82 Å². The molecule has 1 fully saturated rings. The Labute approximate surface area is 192 Å². The number of carbonyl (C=O) groups excluding carboxylic acids is 2. The summed E-state index contributed by atoms with van der Waals surface area (Å²) in [5.41, 5.74) is 2.40. The fourth-order valence-electron chi connectivity index (χ4n) is 3.83. The summed E-state index contributed by atoms with van der Waals surface area (Å²) in [6, 6.07) is 15.5. The molecule has 4 rings (SSSR count). The minimum Gasteiger partial charge on any atom is -0.453 e. The van der Waals surface area contributed by atoms with Crippen LogP contribution in [-0.4, -0.2) is 34.7 Å². The molecule has 1 aliphatic rings. The number of pyridine rings is 1. The molecule has 3 aromatic rings. The number of nitrogens with zero attached hydrogens (tertiary/aromatic N) is 2. The third-order valence-corrected chi connectivity index (χ3v) is 5.75. The number of aromatic nitrogens is 1. The van der Waals surface area contributed by atoms with Crippen molar-refractivity contribution in [3.8, 4) is 11.5 Å². The third kappa shape index (κ3) is 5.71. The number of rotatable bonds is 6. The van der Waals surface area contributed by atoms with Crippen LogP contribution in [0.1, 0.15) is 34.3 Å². The molecule has 33 heavy (non-hydrogen) atoms. The second kappa shape index (κ2) is 10.2. The van der Waals surface area contributed by atoms with Gasteiger partial charge in [0.2, 0.25) is 5.91 Å². The maximum atomic E-state index is 14.4. The summed E-state index contributed by atoms with van der Waals surface area (Å²) in [5.74, 6) is -0.0639. The van der Waals surface area contributed by atoms with Crippen molar-refractivity contribution in [3.05, 3.63) is 95.6 Å². The topological polar surface area (TPSA) is 59.5 Å². The number of carbonyl (C=O) groups is 2. The number of ketones is 1. The van der Waals surface area contributed by atoms with E-state index in [1.807, 2.05) is 31.2 Å². The number of ether oxygens (including phenoxy) is 1. The summed E-state index contributed by atoms with van der Waals surface area (Å²) in [6.45, 7) is 3.04. The maximum Gasteiger partial charge on any atom is 0.246 e. The van der Waals surface area contributed by atoms with Crippen molar-refractivity contribution in [3.63, 3.8) is 0 Å². The molecule has 1 saturated heterocycles. The van der Waals surface area contributed by atoms with Gasteiger partial charge in [-0.05, 0) is 55.7 Å². The van der Waals surface area contributed by atoms with E-state index in [2.05, 4.69) is 4.98 Å². The first kappa shape index (κ1) is 22.4. The highest BCUT2D eigenvalue weighted by Crippen LogP contribution is 2.25. The Kier molecular flexibility index (Phi) is 6.93. The van der Waals surface area contributed by atoms with E-state index in [1.165, 1.54) is 24.4 Å². The minimum atomic E-state index is -0.524. The lowest BCUT2D eigenvalue weighted by Gasteiger charge is -2.30. The monoisotopic (exact) mass is 444 g/mol. The summed E-state index contributed by atoms with van der Waals surface area (Å²) >= 11 is 0. The number of hydrogen-bond donors (Lipinski definition) is 0. The highest BCUT2D eigenvalue weighted by Gasteiger charge is 2.27. The van der Waals surface area contributed by atoms with E-state index in [4.69, 9.17) is 4.74 Å². The average Bonchev–Trinajstić information content (AvgIpc) is 2.85. The Bertz CT molecular complexity index is 1150. The van der Waals surface area contributed by atoms with Crippen LogP contribution in [0.3, 0.4) is 0 Å². The van der Waals surface area contributed by atoms with E-state index in [0.29, 0.717) is 37.2 Å². The normalized spacial score (nSPS) is 14.4. The van der Waals surface area contributed by atoms with Gasteiger partial charge in [0, 0.05) is 36.8 Å². The zero-order valence-electron chi connectivity index (χ0n) is 18.4. The van der Waals surface area contributed by atoms with Crippen LogP contribution in [0.4, 0.5) is 4.39 Å². The molecule has 0 spiro atoms. The quantitative estimate of drug-likeness (QED) is 0.374. The molecule has 1 aromatic heterocycles. The molecule has 0 saturated carbocycles. The van der Waals surface area contributed by atoms with Gasteiger partial charge in [-0.15, -0.1) is 0 Å². The van der Waals surface area contributed by atoms with Crippen molar-refractivity contribution in [2.24, 2.45) is 5.92 Å². The van der Waals surface area contributed by atoms with Crippen LogP contribution in [-0.2, 0) is 4.79 Å². The number of benzene rings is 2. The zero-order chi connectivity index (χ0) is 23.2. The lowest BCUT2D eigenvalue weighted by molar-refractivity contribution is -0.127. The molecule has 2 heterocycles. The Hall–Kier alpha value is -3.80. The minimum absolute atomic E-state index is 0.0674. The van der Waals surface area contributed by atoms with Crippen molar-refractivity contribution in [2.45, 2.75) is 19.8 Å². The first-order valence-electron chi connectivity index (χ1n) is 10.9. The van der Waals surface area contributed by atoms with Gasteiger partial charge in [-0.1, -0.05) is 35.9 Å². The lowest BCUT2D eigenvalue weighted by atomic mass is 9.88. The Morgan fingerprint density at radius 2 is 1.85 bits per heavy atom. The van der Waals surface area contributed by atoms with Gasteiger partial charge in [-0.3, -0.25) is 14.6 Å². The number of hydrogen-bond acceptors (Lipinski definition) is 4. The Balaban J connectivity index is 1.31. The largest absolute Gasteiger partial charge is 0.453 e. The molecule has 0 radical (unpaired) electrons. The van der Waals surface area contributed by atoms with Crippen LogP contribution in [0, 0.1) is 18.7 Å². The number of amides is 1. The molecule has 0 atom stereocenters. The van der Waals surface area contributed by atoms with Gasteiger partial charge in [-0.2, -0.15) is 0 Å². The number of Topliss-reactive ketones (excluding diaryl/α,β-unsaturated/α-hetero) is 1. The molecule has 0 unspecified atom stereocenters.